The molecule has 2 aromatic rings. The zero-order valence-electron chi connectivity index (χ0n) is 14.7. The van der Waals surface area contributed by atoms with Gasteiger partial charge < -0.3 is 4.43 Å². The van der Waals surface area contributed by atoms with Crippen molar-refractivity contribution in [3.8, 4) is 17.2 Å². The minimum Gasteiger partial charge on any atom is -0.413 e. The Morgan fingerprint density at radius 3 is 2.48 bits per heavy atom. The maximum absolute atomic E-state index is 9.15. The minimum atomic E-state index is -1.63. The van der Waals surface area contributed by atoms with Crippen molar-refractivity contribution in [3.05, 3.63) is 59.2 Å². The lowest BCUT2D eigenvalue weighted by Crippen LogP contribution is -2.33. The molecule has 0 bridgehead atoms. The lowest BCUT2D eigenvalue weighted by Gasteiger charge is -2.27. The summed E-state index contributed by atoms with van der Waals surface area (Å²) < 4.78 is 6.22. The van der Waals surface area contributed by atoms with Crippen LogP contribution in [-0.4, -0.2) is 8.32 Å². The van der Waals surface area contributed by atoms with Gasteiger partial charge in [0.2, 0.25) is 0 Å². The summed E-state index contributed by atoms with van der Waals surface area (Å²) in [5.74, 6) is 0. The van der Waals surface area contributed by atoms with Crippen LogP contribution in [0.15, 0.2) is 42.5 Å². The van der Waals surface area contributed by atoms with Crippen LogP contribution in [0.25, 0.3) is 11.1 Å². The summed E-state index contributed by atoms with van der Waals surface area (Å²) in [6.07, 6.45) is 0. The highest BCUT2D eigenvalue weighted by atomic mass is 28.4. The van der Waals surface area contributed by atoms with Crippen molar-refractivity contribution in [1.82, 2.24) is 0 Å². The molecular weight excluding hydrogens is 298 g/mol. The summed E-state index contributed by atoms with van der Waals surface area (Å²) in [6, 6.07) is 16.6. The van der Waals surface area contributed by atoms with Gasteiger partial charge in [0.1, 0.15) is 0 Å². The molecule has 0 radical (unpaired) electrons. The van der Waals surface area contributed by atoms with E-state index in [-0.39, 0.29) is 0 Å². The number of hydrogen-bond donors (Lipinski definition) is 0. The van der Waals surface area contributed by atoms with Gasteiger partial charge in [-0.05, 0) is 66.0 Å². The second kappa shape index (κ2) is 7.12. The van der Waals surface area contributed by atoms with Gasteiger partial charge in [-0.1, -0.05) is 38.1 Å². The molecule has 0 aliphatic carbocycles. The van der Waals surface area contributed by atoms with Gasteiger partial charge >= 0.3 is 0 Å². The molecule has 0 aromatic heterocycles. The van der Waals surface area contributed by atoms with Crippen LogP contribution in [0.3, 0.4) is 0 Å². The summed E-state index contributed by atoms with van der Waals surface area (Å²) in [5, 5.41) is 9.15. The van der Waals surface area contributed by atoms with E-state index in [4.69, 9.17) is 9.69 Å². The molecule has 0 unspecified atom stereocenters. The van der Waals surface area contributed by atoms with Gasteiger partial charge in [0.25, 0.3) is 0 Å². The molecule has 0 spiro atoms. The highest BCUT2D eigenvalue weighted by Gasteiger charge is 2.26. The van der Waals surface area contributed by atoms with E-state index >= 15 is 0 Å². The molecule has 2 aromatic carbocycles. The highest BCUT2D eigenvalue weighted by molar-refractivity contribution is 6.72. The summed E-state index contributed by atoms with van der Waals surface area (Å²) >= 11 is 0. The van der Waals surface area contributed by atoms with Crippen LogP contribution in [-0.2, 0) is 11.0 Å². The lowest BCUT2D eigenvalue weighted by molar-refractivity contribution is 0.289. The van der Waals surface area contributed by atoms with Crippen LogP contribution < -0.4 is 0 Å². The number of aryl methyl sites for hydroxylation is 1. The van der Waals surface area contributed by atoms with Gasteiger partial charge in [-0.2, -0.15) is 5.26 Å². The fourth-order valence-corrected chi connectivity index (χ4v) is 3.16. The molecule has 0 saturated carbocycles. The minimum absolute atomic E-state index is 0.598. The molecule has 2 rings (SSSR count). The molecule has 0 saturated heterocycles. The van der Waals surface area contributed by atoms with E-state index in [0.717, 1.165) is 16.7 Å². The van der Waals surface area contributed by atoms with Gasteiger partial charge in [0, 0.05) is 0 Å². The van der Waals surface area contributed by atoms with Gasteiger partial charge in [-0.3, -0.25) is 0 Å². The van der Waals surface area contributed by atoms with E-state index < -0.39 is 8.32 Å². The highest BCUT2D eigenvalue weighted by Crippen LogP contribution is 2.26. The van der Waals surface area contributed by atoms with E-state index in [2.05, 4.69) is 63.3 Å². The largest absolute Gasteiger partial charge is 0.413 e. The van der Waals surface area contributed by atoms with Crippen LogP contribution in [0.1, 0.15) is 30.5 Å². The van der Waals surface area contributed by atoms with Crippen molar-refractivity contribution in [2.24, 2.45) is 0 Å². The zero-order valence-corrected chi connectivity index (χ0v) is 15.7. The molecule has 0 aliphatic heterocycles. The third kappa shape index (κ3) is 4.54. The summed E-state index contributed by atoms with van der Waals surface area (Å²) in [6.45, 7) is 11.7. The average molecular weight is 324 g/mol. The SMILES string of the molecule is Cc1cc(C#N)cc(-c2cccc(CO[Si](C)(C)C(C)C)c2)c1. The Labute approximate surface area is 140 Å². The van der Waals surface area contributed by atoms with Gasteiger partial charge in [-0.15, -0.1) is 0 Å². The molecule has 120 valence electrons. The Bertz CT molecular complexity index is 729. The third-order valence-electron chi connectivity index (χ3n) is 4.47. The molecule has 0 heterocycles. The van der Waals surface area contributed by atoms with Gasteiger partial charge in [0.05, 0.1) is 18.2 Å². The fraction of sp³-hybridized carbons (Fsp3) is 0.350. The Kier molecular flexibility index (Phi) is 5.41. The maximum atomic E-state index is 9.15. The smallest absolute Gasteiger partial charge is 0.189 e. The summed E-state index contributed by atoms with van der Waals surface area (Å²) in [7, 11) is -1.63. The van der Waals surface area contributed by atoms with E-state index in [9.17, 15) is 0 Å². The molecule has 0 atom stereocenters. The topological polar surface area (TPSA) is 33.0 Å². The van der Waals surface area contributed by atoms with Crippen LogP contribution in [0.4, 0.5) is 0 Å². The average Bonchev–Trinajstić information content (AvgIpc) is 2.52. The monoisotopic (exact) mass is 323 g/mol. The lowest BCUT2D eigenvalue weighted by atomic mass is 9.99. The number of nitriles is 1. The molecule has 23 heavy (non-hydrogen) atoms. The number of nitrogens with zero attached hydrogens (tertiary/aromatic N) is 1. The first-order chi connectivity index (χ1) is 10.8. The Hall–Kier alpha value is -1.89. The fourth-order valence-electron chi connectivity index (χ4n) is 2.29. The number of hydrogen-bond acceptors (Lipinski definition) is 2. The predicted molar refractivity (Wildman–Crippen MR) is 98.7 cm³/mol. The Balaban J connectivity index is 2.24. The second-order valence-electron chi connectivity index (χ2n) is 6.95. The van der Waals surface area contributed by atoms with E-state index in [1.807, 2.05) is 19.1 Å². The quantitative estimate of drug-likeness (QED) is 0.665. The predicted octanol–water partition coefficient (Wildman–Crippen LogP) is 5.67. The van der Waals surface area contributed by atoms with Crippen LogP contribution in [0.5, 0.6) is 0 Å². The second-order valence-corrected chi connectivity index (χ2v) is 11.6. The first-order valence-electron chi connectivity index (χ1n) is 8.07. The standard InChI is InChI=1S/C20H25NOSi/c1-15(2)23(4,5)22-14-17-7-6-8-19(11-17)20-10-16(3)9-18(12-20)13-21/h6-12,15H,14H2,1-5H3. The Morgan fingerprint density at radius 2 is 1.83 bits per heavy atom. The molecule has 2 nitrogen and oxygen atoms in total. The van der Waals surface area contributed by atoms with Gasteiger partial charge in [-0.25, -0.2) is 0 Å². The maximum Gasteiger partial charge on any atom is 0.189 e. The Morgan fingerprint density at radius 1 is 1.09 bits per heavy atom. The van der Waals surface area contributed by atoms with Crippen molar-refractivity contribution < 1.29 is 4.43 Å². The van der Waals surface area contributed by atoms with Crippen molar-refractivity contribution in [2.75, 3.05) is 0 Å². The molecule has 0 N–H and O–H groups in total. The normalized spacial score (nSPS) is 11.5. The van der Waals surface area contributed by atoms with Crippen molar-refractivity contribution in [2.45, 2.75) is 46.0 Å². The summed E-state index contributed by atoms with van der Waals surface area (Å²) in [4.78, 5) is 0. The molecule has 0 amide bonds. The van der Waals surface area contributed by atoms with Crippen LogP contribution >= 0.6 is 0 Å². The summed E-state index contributed by atoms with van der Waals surface area (Å²) in [5.41, 5.74) is 5.81. The molecule has 0 aliphatic rings. The van der Waals surface area contributed by atoms with Crippen molar-refractivity contribution in [3.63, 3.8) is 0 Å². The first-order valence-corrected chi connectivity index (χ1v) is 11.1. The molecule has 0 fully saturated rings. The van der Waals surface area contributed by atoms with Crippen LogP contribution in [0, 0.1) is 18.3 Å². The number of rotatable bonds is 5. The molecular formula is C20H25NOSi. The van der Waals surface area contributed by atoms with E-state index in [1.54, 1.807) is 0 Å². The third-order valence-corrected chi connectivity index (χ3v) is 8.14. The van der Waals surface area contributed by atoms with Crippen LogP contribution in [0.2, 0.25) is 18.6 Å². The zero-order chi connectivity index (χ0) is 17.0. The van der Waals surface area contributed by atoms with Crippen molar-refractivity contribution >= 4 is 8.32 Å². The molecule has 3 heteroatoms. The van der Waals surface area contributed by atoms with E-state index in [0.29, 0.717) is 17.7 Å². The first kappa shape index (κ1) is 17.5. The van der Waals surface area contributed by atoms with Crippen molar-refractivity contribution in [1.29, 1.82) is 5.26 Å². The van der Waals surface area contributed by atoms with Gasteiger partial charge in [0.15, 0.2) is 8.32 Å². The number of benzene rings is 2. The van der Waals surface area contributed by atoms with E-state index in [1.165, 1.54) is 5.56 Å².